The van der Waals surface area contributed by atoms with Gasteiger partial charge in [-0.2, -0.15) is 4.98 Å². The van der Waals surface area contributed by atoms with Crippen LogP contribution in [0.2, 0.25) is 0 Å². The molecule has 2 heterocycles. The summed E-state index contributed by atoms with van der Waals surface area (Å²) < 4.78 is 10.6. The molecule has 2 aromatic rings. The van der Waals surface area contributed by atoms with Gasteiger partial charge in [0.05, 0.1) is 0 Å². The van der Waals surface area contributed by atoms with Crippen molar-refractivity contribution in [2.75, 3.05) is 26.8 Å². The Morgan fingerprint density at radius 2 is 2.04 bits per heavy atom. The van der Waals surface area contributed by atoms with E-state index in [0.717, 1.165) is 18.4 Å². The highest BCUT2D eigenvalue weighted by atomic mass is 16.5. The first-order valence-electron chi connectivity index (χ1n) is 8.66. The molecule has 0 unspecified atom stereocenters. The van der Waals surface area contributed by atoms with Gasteiger partial charge in [-0.05, 0) is 18.4 Å². The smallest absolute Gasteiger partial charge is 0.317 e. The van der Waals surface area contributed by atoms with Crippen molar-refractivity contribution >= 4 is 6.03 Å². The van der Waals surface area contributed by atoms with Gasteiger partial charge in [-0.1, -0.05) is 35.5 Å². The molecule has 7 nitrogen and oxygen atoms in total. The number of hydrogen-bond donors (Lipinski definition) is 1. The summed E-state index contributed by atoms with van der Waals surface area (Å²) in [6.07, 6.45) is 2.94. The Morgan fingerprint density at radius 3 is 2.80 bits per heavy atom. The molecule has 1 aliphatic heterocycles. The minimum absolute atomic E-state index is 0.0732. The van der Waals surface area contributed by atoms with Crippen LogP contribution < -0.4 is 5.32 Å². The minimum atomic E-state index is -0.0732. The number of urea groups is 1. The van der Waals surface area contributed by atoms with E-state index in [2.05, 4.69) is 15.5 Å². The molecule has 1 fully saturated rings. The number of carbonyl (C=O) groups excluding carboxylic acids is 1. The van der Waals surface area contributed by atoms with Crippen LogP contribution in [0.3, 0.4) is 0 Å². The Labute approximate surface area is 147 Å². The Kier molecular flexibility index (Phi) is 6.00. The third-order valence-corrected chi connectivity index (χ3v) is 4.39. The van der Waals surface area contributed by atoms with Crippen molar-refractivity contribution in [3.05, 3.63) is 47.6 Å². The molecule has 0 atom stereocenters. The van der Waals surface area contributed by atoms with Crippen LogP contribution >= 0.6 is 0 Å². The lowest BCUT2D eigenvalue weighted by molar-refractivity contribution is 0.0526. The number of carbonyl (C=O) groups is 1. The van der Waals surface area contributed by atoms with Crippen LogP contribution in [0.1, 0.15) is 30.1 Å². The molecule has 1 aromatic heterocycles. The van der Waals surface area contributed by atoms with Crippen molar-refractivity contribution in [1.29, 1.82) is 0 Å². The van der Waals surface area contributed by atoms with Gasteiger partial charge in [0.2, 0.25) is 5.89 Å². The van der Waals surface area contributed by atoms with E-state index in [0.29, 0.717) is 44.3 Å². The Bertz CT molecular complexity index is 668. The lowest BCUT2D eigenvalue weighted by atomic mass is 10.1. The van der Waals surface area contributed by atoms with Gasteiger partial charge < -0.3 is 19.5 Å². The first-order valence-corrected chi connectivity index (χ1v) is 8.66. The van der Waals surface area contributed by atoms with Crippen molar-refractivity contribution in [2.45, 2.75) is 31.7 Å². The highest BCUT2D eigenvalue weighted by Gasteiger charge is 2.22. The summed E-state index contributed by atoms with van der Waals surface area (Å²) in [4.78, 5) is 18.3. The molecule has 0 aliphatic carbocycles. The third-order valence-electron chi connectivity index (χ3n) is 4.39. The van der Waals surface area contributed by atoms with Gasteiger partial charge in [-0.25, -0.2) is 4.79 Å². The second-order valence-corrected chi connectivity index (χ2v) is 6.20. The number of ether oxygens (including phenoxy) is 1. The summed E-state index contributed by atoms with van der Waals surface area (Å²) in [6.45, 7) is 1.91. The topological polar surface area (TPSA) is 80.5 Å². The predicted octanol–water partition coefficient (Wildman–Crippen LogP) is 2.02. The molecule has 1 aromatic carbocycles. The number of rotatable bonds is 6. The molecular weight excluding hydrogens is 320 g/mol. The molecule has 3 rings (SSSR count). The molecule has 1 N–H and O–H groups in total. The highest BCUT2D eigenvalue weighted by molar-refractivity contribution is 5.74. The van der Waals surface area contributed by atoms with Crippen molar-refractivity contribution in [2.24, 2.45) is 0 Å². The quantitative estimate of drug-likeness (QED) is 0.867. The molecule has 7 heteroatoms. The average Bonchev–Trinajstić information content (AvgIpc) is 3.10. The van der Waals surface area contributed by atoms with E-state index in [1.165, 1.54) is 0 Å². The van der Waals surface area contributed by atoms with Crippen LogP contribution in [-0.2, 0) is 17.6 Å². The lowest BCUT2D eigenvalue weighted by Gasteiger charge is -2.31. The minimum Gasteiger partial charge on any atom is -0.381 e. The van der Waals surface area contributed by atoms with E-state index in [1.54, 1.807) is 4.90 Å². The van der Waals surface area contributed by atoms with Crippen LogP contribution in [0.5, 0.6) is 0 Å². The van der Waals surface area contributed by atoms with Crippen LogP contribution in [0.4, 0.5) is 4.79 Å². The van der Waals surface area contributed by atoms with Crippen LogP contribution in [0.25, 0.3) is 0 Å². The maximum Gasteiger partial charge on any atom is 0.317 e. The fourth-order valence-corrected chi connectivity index (χ4v) is 2.88. The van der Waals surface area contributed by atoms with E-state index < -0.39 is 0 Å². The van der Waals surface area contributed by atoms with Crippen LogP contribution in [0.15, 0.2) is 34.9 Å². The zero-order valence-electron chi connectivity index (χ0n) is 14.5. The molecule has 0 bridgehead atoms. The van der Waals surface area contributed by atoms with Crippen molar-refractivity contribution in [3.8, 4) is 0 Å². The summed E-state index contributed by atoms with van der Waals surface area (Å²) in [5.41, 5.74) is 1.14. The first-order chi connectivity index (χ1) is 12.2. The van der Waals surface area contributed by atoms with Gasteiger partial charge in [0.1, 0.15) is 0 Å². The average molecular weight is 344 g/mol. The zero-order valence-corrected chi connectivity index (χ0v) is 14.5. The SMILES string of the molecule is CN(C(=O)NCCc1nc(Cc2ccccc2)no1)C1CCOCC1. The third kappa shape index (κ3) is 5.03. The molecule has 0 radical (unpaired) electrons. The Morgan fingerprint density at radius 1 is 1.28 bits per heavy atom. The fraction of sp³-hybridized carbons (Fsp3) is 0.500. The summed E-state index contributed by atoms with van der Waals surface area (Å²) in [5, 5.41) is 6.90. The monoisotopic (exact) mass is 344 g/mol. The molecule has 134 valence electrons. The summed E-state index contributed by atoms with van der Waals surface area (Å²) in [6, 6.07) is 10.2. The van der Waals surface area contributed by atoms with Gasteiger partial charge in [-0.3, -0.25) is 0 Å². The van der Waals surface area contributed by atoms with Gasteiger partial charge in [0.25, 0.3) is 0 Å². The molecule has 1 saturated heterocycles. The normalized spacial score (nSPS) is 15.1. The second-order valence-electron chi connectivity index (χ2n) is 6.20. The van der Waals surface area contributed by atoms with Gasteiger partial charge in [0.15, 0.2) is 5.82 Å². The highest BCUT2D eigenvalue weighted by Crippen LogP contribution is 2.12. The van der Waals surface area contributed by atoms with Crippen LogP contribution in [-0.4, -0.2) is 53.9 Å². The fourth-order valence-electron chi connectivity index (χ4n) is 2.88. The van der Waals surface area contributed by atoms with Crippen molar-refractivity contribution in [3.63, 3.8) is 0 Å². The number of nitrogens with one attached hydrogen (secondary N) is 1. The lowest BCUT2D eigenvalue weighted by Crippen LogP contribution is -2.46. The van der Waals surface area contributed by atoms with Gasteiger partial charge in [0, 0.05) is 45.7 Å². The Balaban J connectivity index is 1.42. The molecule has 25 heavy (non-hydrogen) atoms. The predicted molar refractivity (Wildman–Crippen MR) is 92.3 cm³/mol. The van der Waals surface area contributed by atoms with E-state index in [-0.39, 0.29) is 12.1 Å². The molecule has 1 aliphatic rings. The molecule has 2 amide bonds. The molecular formula is C18H24N4O3. The summed E-state index contributed by atoms with van der Waals surface area (Å²) >= 11 is 0. The number of amides is 2. The standard InChI is InChI=1S/C18H24N4O3/c1-22(15-8-11-24-12-9-15)18(23)19-10-7-17-20-16(21-25-17)13-14-5-3-2-4-6-14/h2-6,15H,7-13H2,1H3,(H,19,23). The van der Waals surface area contributed by atoms with Gasteiger partial charge >= 0.3 is 6.03 Å². The maximum absolute atomic E-state index is 12.2. The number of benzene rings is 1. The number of hydrogen-bond acceptors (Lipinski definition) is 5. The van der Waals surface area contributed by atoms with Gasteiger partial charge in [-0.15, -0.1) is 0 Å². The first kappa shape index (κ1) is 17.4. The van der Waals surface area contributed by atoms with E-state index in [4.69, 9.17) is 9.26 Å². The van der Waals surface area contributed by atoms with E-state index in [1.807, 2.05) is 37.4 Å². The van der Waals surface area contributed by atoms with E-state index in [9.17, 15) is 4.79 Å². The summed E-state index contributed by atoms with van der Waals surface area (Å²) in [7, 11) is 1.83. The largest absolute Gasteiger partial charge is 0.381 e. The number of nitrogens with zero attached hydrogens (tertiary/aromatic N) is 3. The molecule has 0 saturated carbocycles. The van der Waals surface area contributed by atoms with E-state index >= 15 is 0 Å². The maximum atomic E-state index is 12.2. The Hall–Kier alpha value is -2.41. The zero-order chi connectivity index (χ0) is 17.5. The summed E-state index contributed by atoms with van der Waals surface area (Å²) in [5.74, 6) is 1.20. The van der Waals surface area contributed by atoms with Crippen molar-refractivity contribution in [1.82, 2.24) is 20.4 Å². The second kappa shape index (κ2) is 8.62. The number of aromatic nitrogens is 2. The molecule has 0 spiro atoms. The van der Waals surface area contributed by atoms with Crippen molar-refractivity contribution < 1.29 is 14.1 Å². The van der Waals surface area contributed by atoms with Crippen LogP contribution in [0, 0.1) is 0 Å².